The number of hydrogen-bond acceptors (Lipinski definition) is 6. The molecule has 0 rings (SSSR count). The van der Waals surface area contributed by atoms with Crippen molar-refractivity contribution in [3.8, 4) is 0 Å². The predicted octanol–water partition coefficient (Wildman–Crippen LogP) is -1.09. The predicted molar refractivity (Wildman–Crippen MR) is 96.0 cm³/mol. The van der Waals surface area contributed by atoms with E-state index in [0.717, 1.165) is 0 Å². The highest BCUT2D eigenvalue weighted by Gasteiger charge is 2.29. The fraction of sp³-hybridized carbons (Fsp3) is 0.733. The molecule has 25 heavy (non-hydrogen) atoms. The van der Waals surface area contributed by atoms with E-state index >= 15 is 0 Å². The van der Waals surface area contributed by atoms with Crippen LogP contribution < -0.4 is 21.7 Å². The van der Waals surface area contributed by atoms with Crippen LogP contribution in [0.4, 0.5) is 0 Å². The smallest absolute Gasteiger partial charge is 0.322 e. The molecule has 0 bridgehead atoms. The van der Waals surface area contributed by atoms with Gasteiger partial charge in [0.2, 0.25) is 17.7 Å². The Morgan fingerprint density at radius 2 is 1.80 bits per heavy atom. The van der Waals surface area contributed by atoms with Crippen LogP contribution in [0.3, 0.4) is 0 Å². The zero-order valence-corrected chi connectivity index (χ0v) is 15.6. The topological polar surface area (TPSA) is 151 Å². The Bertz CT molecular complexity index is 475. The Balaban J connectivity index is 5.06. The zero-order valence-electron chi connectivity index (χ0n) is 14.8. The molecule has 0 aliphatic carbocycles. The van der Waals surface area contributed by atoms with Gasteiger partial charge in [0.15, 0.2) is 0 Å². The number of thioether (sulfide) groups is 1. The van der Waals surface area contributed by atoms with Crippen LogP contribution in [0.15, 0.2) is 0 Å². The maximum absolute atomic E-state index is 12.5. The summed E-state index contributed by atoms with van der Waals surface area (Å²) in [6.07, 6.45) is 2.84. The molecule has 3 atom stereocenters. The number of carboxylic acids is 1. The molecule has 9 nitrogen and oxygen atoms in total. The first-order valence-corrected chi connectivity index (χ1v) is 9.44. The Kier molecular flexibility index (Phi) is 11.6. The van der Waals surface area contributed by atoms with Gasteiger partial charge in [0.05, 0.1) is 6.54 Å². The molecular weight excluding hydrogens is 348 g/mol. The second kappa shape index (κ2) is 12.5. The van der Waals surface area contributed by atoms with Crippen molar-refractivity contribution < 1.29 is 24.3 Å². The van der Waals surface area contributed by atoms with E-state index in [0.29, 0.717) is 18.6 Å². The van der Waals surface area contributed by atoms with Crippen LogP contribution in [-0.2, 0) is 19.2 Å². The Hall–Kier alpha value is -1.81. The summed E-state index contributed by atoms with van der Waals surface area (Å²) >= 11 is 1.50. The summed E-state index contributed by atoms with van der Waals surface area (Å²) in [5, 5.41) is 16.1. The van der Waals surface area contributed by atoms with Gasteiger partial charge in [0.1, 0.15) is 18.6 Å². The normalized spacial score (nSPS) is 14.1. The molecule has 0 saturated heterocycles. The molecule has 0 radical (unpaired) electrons. The minimum Gasteiger partial charge on any atom is -0.480 e. The fourth-order valence-electron chi connectivity index (χ4n) is 1.99. The van der Waals surface area contributed by atoms with E-state index in [2.05, 4.69) is 16.0 Å². The number of nitrogens with two attached hydrogens (primary N) is 1. The number of aliphatic carboxylic acids is 1. The molecule has 0 fully saturated rings. The highest BCUT2D eigenvalue weighted by atomic mass is 32.2. The van der Waals surface area contributed by atoms with E-state index in [-0.39, 0.29) is 12.5 Å². The first-order valence-electron chi connectivity index (χ1n) is 8.04. The van der Waals surface area contributed by atoms with Crippen LogP contribution >= 0.6 is 11.8 Å². The molecule has 3 unspecified atom stereocenters. The van der Waals surface area contributed by atoms with Crippen molar-refractivity contribution in [2.75, 3.05) is 25.1 Å². The van der Waals surface area contributed by atoms with Gasteiger partial charge in [0.25, 0.3) is 0 Å². The molecule has 0 heterocycles. The van der Waals surface area contributed by atoms with Gasteiger partial charge in [-0.3, -0.25) is 19.2 Å². The standard InChI is InChI=1S/C15H28N4O5S/c1-4-9(2)13(19-11(20)7-16)15(24)18-10(5-6-25-3)14(23)17-8-12(21)22/h9-10,13H,4-8,16H2,1-3H3,(H,17,23)(H,18,24)(H,19,20)(H,21,22). The van der Waals surface area contributed by atoms with Crippen molar-refractivity contribution >= 4 is 35.5 Å². The summed E-state index contributed by atoms with van der Waals surface area (Å²) in [4.78, 5) is 46.8. The van der Waals surface area contributed by atoms with Gasteiger partial charge in [-0.25, -0.2) is 0 Å². The molecule has 0 saturated carbocycles. The third-order valence-electron chi connectivity index (χ3n) is 3.65. The number of amides is 3. The van der Waals surface area contributed by atoms with Crippen LogP contribution in [0.5, 0.6) is 0 Å². The zero-order chi connectivity index (χ0) is 19.4. The maximum atomic E-state index is 12.5. The summed E-state index contributed by atoms with van der Waals surface area (Å²) < 4.78 is 0. The van der Waals surface area contributed by atoms with Gasteiger partial charge in [-0.05, 0) is 24.3 Å². The molecule has 6 N–H and O–H groups in total. The summed E-state index contributed by atoms with van der Waals surface area (Å²) in [7, 11) is 0. The molecule has 0 aromatic heterocycles. The summed E-state index contributed by atoms with van der Waals surface area (Å²) in [6.45, 7) is 2.92. The van der Waals surface area contributed by atoms with E-state index in [1.165, 1.54) is 11.8 Å². The molecule has 144 valence electrons. The lowest BCUT2D eigenvalue weighted by Crippen LogP contribution is -2.56. The minimum atomic E-state index is -1.17. The lowest BCUT2D eigenvalue weighted by atomic mass is 9.97. The maximum Gasteiger partial charge on any atom is 0.322 e. The Labute approximate surface area is 151 Å². The highest BCUT2D eigenvalue weighted by molar-refractivity contribution is 7.98. The van der Waals surface area contributed by atoms with Crippen LogP contribution in [0.2, 0.25) is 0 Å². The lowest BCUT2D eigenvalue weighted by molar-refractivity contribution is -0.138. The first-order chi connectivity index (χ1) is 11.8. The van der Waals surface area contributed by atoms with Gasteiger partial charge in [0, 0.05) is 0 Å². The number of rotatable bonds is 12. The second-order valence-electron chi connectivity index (χ2n) is 5.59. The molecule has 0 aliphatic heterocycles. The molecule has 3 amide bonds. The molecule has 0 aromatic carbocycles. The number of nitrogens with one attached hydrogen (secondary N) is 3. The Morgan fingerprint density at radius 3 is 2.28 bits per heavy atom. The minimum absolute atomic E-state index is 0.154. The van der Waals surface area contributed by atoms with Crippen molar-refractivity contribution in [3.05, 3.63) is 0 Å². The first kappa shape index (κ1) is 23.2. The van der Waals surface area contributed by atoms with E-state index in [1.807, 2.05) is 20.1 Å². The van der Waals surface area contributed by atoms with Gasteiger partial charge in [-0.1, -0.05) is 20.3 Å². The summed E-state index contributed by atoms with van der Waals surface area (Å²) in [6, 6.07) is -1.69. The van der Waals surface area contributed by atoms with Gasteiger partial charge < -0.3 is 26.8 Å². The SMILES string of the molecule is CCC(C)C(NC(=O)CN)C(=O)NC(CCSC)C(=O)NCC(=O)O. The second-order valence-corrected chi connectivity index (χ2v) is 6.57. The summed E-state index contributed by atoms with van der Waals surface area (Å²) in [5.74, 6) is -2.24. The van der Waals surface area contributed by atoms with Crippen molar-refractivity contribution in [1.29, 1.82) is 0 Å². The fourth-order valence-corrected chi connectivity index (χ4v) is 2.46. The van der Waals surface area contributed by atoms with E-state index in [1.54, 1.807) is 0 Å². The average molecular weight is 376 g/mol. The highest BCUT2D eigenvalue weighted by Crippen LogP contribution is 2.09. The van der Waals surface area contributed by atoms with Gasteiger partial charge >= 0.3 is 5.97 Å². The molecule has 0 spiro atoms. The largest absolute Gasteiger partial charge is 0.480 e. The van der Waals surface area contributed by atoms with Gasteiger partial charge in [-0.15, -0.1) is 0 Å². The van der Waals surface area contributed by atoms with Crippen LogP contribution in [0.25, 0.3) is 0 Å². The Morgan fingerprint density at radius 1 is 1.16 bits per heavy atom. The number of carbonyl (C=O) groups excluding carboxylic acids is 3. The van der Waals surface area contributed by atoms with Crippen molar-refractivity contribution in [2.24, 2.45) is 11.7 Å². The number of carboxylic acid groups (broad SMARTS) is 1. The molecular formula is C15H28N4O5S. The molecule has 0 aromatic rings. The van der Waals surface area contributed by atoms with E-state index < -0.39 is 42.3 Å². The lowest BCUT2D eigenvalue weighted by Gasteiger charge is -2.26. The third kappa shape index (κ3) is 9.30. The number of hydrogen-bond donors (Lipinski definition) is 5. The van der Waals surface area contributed by atoms with Crippen molar-refractivity contribution in [2.45, 2.75) is 38.8 Å². The average Bonchev–Trinajstić information content (AvgIpc) is 2.59. The monoisotopic (exact) mass is 376 g/mol. The third-order valence-corrected chi connectivity index (χ3v) is 4.30. The molecule has 10 heteroatoms. The van der Waals surface area contributed by atoms with Crippen LogP contribution in [-0.4, -0.2) is 66.0 Å². The quantitative estimate of drug-likeness (QED) is 0.290. The number of carbonyl (C=O) groups is 4. The van der Waals surface area contributed by atoms with Crippen LogP contribution in [0.1, 0.15) is 26.7 Å². The van der Waals surface area contributed by atoms with E-state index in [9.17, 15) is 19.2 Å². The van der Waals surface area contributed by atoms with Crippen molar-refractivity contribution in [3.63, 3.8) is 0 Å². The van der Waals surface area contributed by atoms with Crippen molar-refractivity contribution in [1.82, 2.24) is 16.0 Å². The summed E-state index contributed by atoms with van der Waals surface area (Å²) in [5.41, 5.74) is 5.28. The van der Waals surface area contributed by atoms with Crippen LogP contribution in [0, 0.1) is 5.92 Å². The molecule has 0 aliphatic rings. The van der Waals surface area contributed by atoms with E-state index in [4.69, 9.17) is 10.8 Å². The van der Waals surface area contributed by atoms with Gasteiger partial charge in [-0.2, -0.15) is 11.8 Å².